The highest BCUT2D eigenvalue weighted by Crippen LogP contribution is 2.24. The highest BCUT2D eigenvalue weighted by molar-refractivity contribution is 5.46. The zero-order chi connectivity index (χ0) is 20.1. The van der Waals surface area contributed by atoms with Crippen LogP contribution < -0.4 is 5.32 Å². The molecule has 156 valence electrons. The number of benzene rings is 1. The predicted octanol–water partition coefficient (Wildman–Crippen LogP) is 4.75. The lowest BCUT2D eigenvalue weighted by Crippen LogP contribution is -2.50. The number of aromatic nitrogens is 1. The SMILES string of the molecule is CC(C)c1ccc(NC2CCCN(C3CCN(Cc4cccnc4)CC3)C2)cc1. The molecule has 2 aliphatic rings. The van der Waals surface area contributed by atoms with Gasteiger partial charge in [0, 0.05) is 43.3 Å². The third-order valence-electron chi connectivity index (χ3n) is 6.60. The summed E-state index contributed by atoms with van der Waals surface area (Å²) in [7, 11) is 0. The molecule has 0 radical (unpaired) electrons. The number of pyridine rings is 1. The van der Waals surface area contributed by atoms with Crippen molar-refractivity contribution >= 4 is 5.69 Å². The van der Waals surface area contributed by atoms with Gasteiger partial charge in [0.1, 0.15) is 0 Å². The number of likely N-dealkylation sites (tertiary alicyclic amines) is 2. The Balaban J connectivity index is 1.25. The third-order valence-corrected chi connectivity index (χ3v) is 6.60. The summed E-state index contributed by atoms with van der Waals surface area (Å²) < 4.78 is 0. The first-order valence-electron chi connectivity index (χ1n) is 11.4. The number of rotatable bonds is 6. The molecule has 0 bridgehead atoms. The fourth-order valence-corrected chi connectivity index (χ4v) is 4.85. The Hall–Kier alpha value is -1.91. The molecule has 4 nitrogen and oxygen atoms in total. The quantitative estimate of drug-likeness (QED) is 0.769. The van der Waals surface area contributed by atoms with Gasteiger partial charge in [-0.05, 0) is 80.6 Å². The van der Waals surface area contributed by atoms with Crippen LogP contribution in [0.5, 0.6) is 0 Å². The standard InChI is InChI=1S/C25H36N4/c1-20(2)22-7-9-23(10-8-22)27-24-6-4-14-29(19-24)25-11-15-28(16-12-25)18-21-5-3-13-26-17-21/h3,5,7-10,13,17,20,24-25,27H,4,6,11-12,14-16,18-19H2,1-2H3. The van der Waals surface area contributed by atoms with Crippen LogP contribution in [0.3, 0.4) is 0 Å². The number of hydrogen-bond acceptors (Lipinski definition) is 4. The van der Waals surface area contributed by atoms with Crippen molar-refractivity contribution in [1.29, 1.82) is 0 Å². The molecule has 1 aromatic heterocycles. The lowest BCUT2D eigenvalue weighted by Gasteiger charge is -2.42. The van der Waals surface area contributed by atoms with Gasteiger partial charge >= 0.3 is 0 Å². The van der Waals surface area contributed by atoms with Gasteiger partial charge < -0.3 is 5.32 Å². The lowest BCUT2D eigenvalue weighted by atomic mass is 9.97. The first-order valence-corrected chi connectivity index (χ1v) is 11.4. The molecule has 2 aliphatic heterocycles. The second-order valence-electron chi connectivity index (χ2n) is 9.12. The fraction of sp³-hybridized carbons (Fsp3) is 0.560. The van der Waals surface area contributed by atoms with Gasteiger partial charge in [-0.1, -0.05) is 32.0 Å². The Labute approximate surface area is 176 Å². The van der Waals surface area contributed by atoms with E-state index in [1.165, 1.54) is 68.7 Å². The summed E-state index contributed by atoms with van der Waals surface area (Å²) in [4.78, 5) is 9.59. The maximum absolute atomic E-state index is 4.25. The molecule has 1 N–H and O–H groups in total. The largest absolute Gasteiger partial charge is 0.381 e. The molecular weight excluding hydrogens is 356 g/mol. The van der Waals surface area contributed by atoms with E-state index in [0.29, 0.717) is 12.0 Å². The lowest BCUT2D eigenvalue weighted by molar-refractivity contribution is 0.0856. The second-order valence-corrected chi connectivity index (χ2v) is 9.12. The van der Waals surface area contributed by atoms with Crippen molar-refractivity contribution in [2.75, 3.05) is 31.5 Å². The van der Waals surface area contributed by atoms with E-state index >= 15 is 0 Å². The second kappa shape index (κ2) is 9.73. The van der Waals surface area contributed by atoms with Crippen molar-refractivity contribution in [3.63, 3.8) is 0 Å². The minimum atomic E-state index is 0.571. The van der Waals surface area contributed by atoms with Gasteiger partial charge in [0.2, 0.25) is 0 Å². The summed E-state index contributed by atoms with van der Waals surface area (Å²) in [5, 5.41) is 3.80. The van der Waals surface area contributed by atoms with Crippen molar-refractivity contribution in [3.8, 4) is 0 Å². The molecule has 2 saturated heterocycles. The van der Waals surface area contributed by atoms with Crippen LogP contribution in [0.1, 0.15) is 56.6 Å². The smallest absolute Gasteiger partial charge is 0.0389 e. The summed E-state index contributed by atoms with van der Waals surface area (Å²) in [6.45, 7) is 10.4. The van der Waals surface area contributed by atoms with Crippen LogP contribution in [0.2, 0.25) is 0 Å². The van der Waals surface area contributed by atoms with E-state index in [4.69, 9.17) is 0 Å². The molecule has 0 amide bonds. The Bertz CT molecular complexity index is 735. The molecule has 2 fully saturated rings. The normalized spacial score (nSPS) is 22.1. The Morgan fingerprint density at radius 2 is 1.83 bits per heavy atom. The van der Waals surface area contributed by atoms with Gasteiger partial charge in [-0.25, -0.2) is 0 Å². The van der Waals surface area contributed by atoms with E-state index in [1.807, 2.05) is 18.5 Å². The Morgan fingerprint density at radius 1 is 1.03 bits per heavy atom. The van der Waals surface area contributed by atoms with Crippen LogP contribution in [-0.2, 0) is 6.54 Å². The van der Waals surface area contributed by atoms with Crippen molar-refractivity contribution in [2.45, 2.75) is 64.1 Å². The third kappa shape index (κ3) is 5.58. The molecule has 3 heterocycles. The van der Waals surface area contributed by atoms with E-state index in [9.17, 15) is 0 Å². The van der Waals surface area contributed by atoms with E-state index in [1.54, 1.807) is 0 Å². The van der Waals surface area contributed by atoms with E-state index in [0.717, 1.165) is 12.6 Å². The van der Waals surface area contributed by atoms with Crippen molar-refractivity contribution in [3.05, 3.63) is 59.9 Å². The van der Waals surface area contributed by atoms with Crippen LogP contribution in [-0.4, -0.2) is 53.0 Å². The first kappa shape index (κ1) is 20.4. The van der Waals surface area contributed by atoms with Crippen LogP contribution in [0.25, 0.3) is 0 Å². The predicted molar refractivity (Wildman–Crippen MR) is 121 cm³/mol. The molecule has 1 unspecified atom stereocenters. The van der Waals surface area contributed by atoms with Gasteiger partial charge in [0.15, 0.2) is 0 Å². The van der Waals surface area contributed by atoms with Gasteiger partial charge in [0.05, 0.1) is 0 Å². The summed E-state index contributed by atoms with van der Waals surface area (Å²) in [5.41, 5.74) is 4.02. The first-order chi connectivity index (χ1) is 14.2. The highest BCUT2D eigenvalue weighted by Gasteiger charge is 2.28. The maximum atomic E-state index is 4.25. The molecule has 0 saturated carbocycles. The van der Waals surface area contributed by atoms with Crippen molar-refractivity contribution < 1.29 is 0 Å². The number of hydrogen-bond donors (Lipinski definition) is 1. The maximum Gasteiger partial charge on any atom is 0.0389 e. The van der Waals surface area contributed by atoms with Crippen LogP contribution in [0.15, 0.2) is 48.8 Å². The summed E-state index contributed by atoms with van der Waals surface area (Å²) in [5.74, 6) is 0.596. The van der Waals surface area contributed by atoms with Crippen LogP contribution >= 0.6 is 0 Å². The van der Waals surface area contributed by atoms with Gasteiger partial charge in [-0.15, -0.1) is 0 Å². The number of nitrogens with one attached hydrogen (secondary N) is 1. The van der Waals surface area contributed by atoms with Crippen LogP contribution in [0, 0.1) is 0 Å². The fourth-order valence-electron chi connectivity index (χ4n) is 4.85. The molecule has 4 rings (SSSR count). The monoisotopic (exact) mass is 392 g/mol. The van der Waals surface area contributed by atoms with E-state index in [2.05, 4.69) is 64.3 Å². The minimum Gasteiger partial charge on any atom is -0.381 e. The zero-order valence-electron chi connectivity index (χ0n) is 18.1. The van der Waals surface area contributed by atoms with Gasteiger partial charge in [-0.2, -0.15) is 0 Å². The molecular formula is C25H36N4. The molecule has 2 aromatic rings. The van der Waals surface area contributed by atoms with Crippen molar-refractivity contribution in [2.24, 2.45) is 0 Å². The van der Waals surface area contributed by atoms with Crippen LogP contribution in [0.4, 0.5) is 5.69 Å². The molecule has 0 aliphatic carbocycles. The summed E-state index contributed by atoms with van der Waals surface area (Å²) >= 11 is 0. The number of anilines is 1. The van der Waals surface area contributed by atoms with E-state index in [-0.39, 0.29) is 0 Å². The number of nitrogens with zero attached hydrogens (tertiary/aromatic N) is 3. The average Bonchev–Trinajstić information content (AvgIpc) is 2.76. The summed E-state index contributed by atoms with van der Waals surface area (Å²) in [6, 6.07) is 14.6. The number of piperidine rings is 2. The topological polar surface area (TPSA) is 31.4 Å². The molecule has 4 heteroatoms. The molecule has 29 heavy (non-hydrogen) atoms. The van der Waals surface area contributed by atoms with Crippen molar-refractivity contribution in [1.82, 2.24) is 14.8 Å². The summed E-state index contributed by atoms with van der Waals surface area (Å²) in [6.07, 6.45) is 9.02. The molecule has 1 aromatic carbocycles. The van der Waals surface area contributed by atoms with E-state index < -0.39 is 0 Å². The zero-order valence-corrected chi connectivity index (χ0v) is 18.1. The highest BCUT2D eigenvalue weighted by atomic mass is 15.2. The Kier molecular flexibility index (Phi) is 6.83. The molecule has 1 atom stereocenters. The molecule has 0 spiro atoms. The van der Waals surface area contributed by atoms with Gasteiger partial charge in [-0.3, -0.25) is 14.8 Å². The minimum absolute atomic E-state index is 0.571. The average molecular weight is 393 g/mol. The Morgan fingerprint density at radius 3 is 2.52 bits per heavy atom. The van der Waals surface area contributed by atoms with Gasteiger partial charge in [0.25, 0.3) is 0 Å².